The van der Waals surface area contributed by atoms with E-state index in [0.29, 0.717) is 6.04 Å². The fourth-order valence-corrected chi connectivity index (χ4v) is 1.86. The van der Waals surface area contributed by atoms with Crippen LogP contribution in [-0.4, -0.2) is 17.6 Å². The molecule has 0 amide bonds. The van der Waals surface area contributed by atoms with Crippen LogP contribution in [0.1, 0.15) is 25.3 Å². The van der Waals surface area contributed by atoms with E-state index in [1.807, 2.05) is 12.1 Å². The van der Waals surface area contributed by atoms with Crippen molar-refractivity contribution in [3.63, 3.8) is 0 Å². The van der Waals surface area contributed by atoms with E-state index in [9.17, 15) is 0 Å². The maximum Gasteiger partial charge on any atom is 0.197 e. The van der Waals surface area contributed by atoms with Crippen molar-refractivity contribution >= 4 is 11.1 Å². The zero-order valence-corrected chi connectivity index (χ0v) is 10.1. The van der Waals surface area contributed by atoms with Crippen molar-refractivity contribution in [1.82, 2.24) is 10.3 Å². The Morgan fingerprint density at radius 3 is 3.00 bits per heavy atom. The predicted molar refractivity (Wildman–Crippen MR) is 65.6 cm³/mol. The highest BCUT2D eigenvalue weighted by atomic mass is 16.3. The summed E-state index contributed by atoms with van der Waals surface area (Å²) in [5.74, 6) is 0.814. The van der Waals surface area contributed by atoms with Crippen molar-refractivity contribution in [2.75, 3.05) is 6.54 Å². The van der Waals surface area contributed by atoms with Crippen molar-refractivity contribution in [2.24, 2.45) is 0 Å². The second-order valence-electron chi connectivity index (χ2n) is 4.24. The molecule has 0 bridgehead atoms. The minimum Gasteiger partial charge on any atom is -0.441 e. The Kier molecular flexibility index (Phi) is 3.25. The highest BCUT2D eigenvalue weighted by Crippen LogP contribution is 2.17. The molecule has 0 aliphatic heterocycles. The Morgan fingerprint density at radius 1 is 1.44 bits per heavy atom. The predicted octanol–water partition coefficient (Wildman–Crippen LogP) is 2.68. The third kappa shape index (κ3) is 2.42. The second kappa shape index (κ2) is 4.66. The van der Waals surface area contributed by atoms with E-state index < -0.39 is 0 Å². The Labute approximate surface area is 95.9 Å². The molecule has 3 heteroatoms. The van der Waals surface area contributed by atoms with Crippen LogP contribution in [0.25, 0.3) is 11.1 Å². The summed E-state index contributed by atoms with van der Waals surface area (Å²) in [4.78, 5) is 4.49. The zero-order valence-electron chi connectivity index (χ0n) is 10.1. The maximum atomic E-state index is 5.69. The van der Waals surface area contributed by atoms with E-state index in [0.717, 1.165) is 30.0 Å². The van der Waals surface area contributed by atoms with Gasteiger partial charge in [0.25, 0.3) is 0 Å². The van der Waals surface area contributed by atoms with Gasteiger partial charge in [-0.1, -0.05) is 13.0 Å². The number of oxazole rings is 1. The molecule has 3 nitrogen and oxygen atoms in total. The summed E-state index contributed by atoms with van der Waals surface area (Å²) in [6, 6.07) is 6.49. The van der Waals surface area contributed by atoms with Gasteiger partial charge in [-0.2, -0.15) is 0 Å². The van der Waals surface area contributed by atoms with Gasteiger partial charge in [0.05, 0.1) is 0 Å². The molecular formula is C13H18N2O. The summed E-state index contributed by atoms with van der Waals surface area (Å²) in [5.41, 5.74) is 3.05. The summed E-state index contributed by atoms with van der Waals surface area (Å²) in [5, 5.41) is 3.35. The molecule has 0 spiro atoms. The topological polar surface area (TPSA) is 38.1 Å². The van der Waals surface area contributed by atoms with Crippen molar-refractivity contribution in [2.45, 2.75) is 33.2 Å². The van der Waals surface area contributed by atoms with Crippen LogP contribution >= 0.6 is 0 Å². The van der Waals surface area contributed by atoms with Gasteiger partial charge >= 0.3 is 0 Å². The molecule has 2 aromatic rings. The number of nitrogens with zero attached hydrogens (tertiary/aromatic N) is 1. The van der Waals surface area contributed by atoms with Gasteiger partial charge in [-0.3, -0.25) is 0 Å². The molecule has 1 N–H and O–H groups in total. The lowest BCUT2D eigenvalue weighted by Crippen LogP contribution is -2.27. The molecule has 86 valence electrons. The molecule has 1 aromatic carbocycles. The van der Waals surface area contributed by atoms with Crippen molar-refractivity contribution in [3.05, 3.63) is 29.7 Å². The number of hydrogen-bond donors (Lipinski definition) is 1. The van der Waals surface area contributed by atoms with E-state index in [1.165, 1.54) is 5.56 Å². The normalized spacial score (nSPS) is 13.2. The first-order valence-corrected chi connectivity index (χ1v) is 5.78. The third-order valence-electron chi connectivity index (χ3n) is 2.62. The number of hydrogen-bond acceptors (Lipinski definition) is 3. The molecule has 0 fully saturated rings. The zero-order chi connectivity index (χ0) is 11.5. The van der Waals surface area contributed by atoms with Gasteiger partial charge in [0.1, 0.15) is 5.52 Å². The minimum atomic E-state index is 0.402. The number of aromatic nitrogens is 1. The molecule has 1 heterocycles. The van der Waals surface area contributed by atoms with E-state index >= 15 is 0 Å². The van der Waals surface area contributed by atoms with Crippen LogP contribution in [0.4, 0.5) is 0 Å². The Morgan fingerprint density at radius 2 is 2.25 bits per heavy atom. The van der Waals surface area contributed by atoms with E-state index in [2.05, 4.69) is 37.1 Å². The van der Waals surface area contributed by atoms with Gasteiger partial charge in [-0.05, 0) is 38.1 Å². The molecule has 0 saturated carbocycles. The molecule has 2 rings (SSSR count). The monoisotopic (exact) mass is 218 g/mol. The molecule has 16 heavy (non-hydrogen) atoms. The summed E-state index contributed by atoms with van der Waals surface area (Å²) >= 11 is 0. The van der Waals surface area contributed by atoms with Crippen LogP contribution in [0.3, 0.4) is 0 Å². The van der Waals surface area contributed by atoms with Gasteiger partial charge in [0.2, 0.25) is 0 Å². The third-order valence-corrected chi connectivity index (χ3v) is 2.62. The first-order chi connectivity index (χ1) is 7.69. The lowest BCUT2D eigenvalue weighted by atomic mass is 10.2. The van der Waals surface area contributed by atoms with Gasteiger partial charge in [-0.15, -0.1) is 0 Å². The smallest absolute Gasteiger partial charge is 0.197 e. The molecule has 0 aliphatic rings. The van der Waals surface area contributed by atoms with Crippen molar-refractivity contribution in [1.29, 1.82) is 0 Å². The van der Waals surface area contributed by atoms with Gasteiger partial charge in [-0.25, -0.2) is 4.98 Å². The standard InChI is InChI=1S/C13H18N2O/c1-4-14-10(3)8-13-15-11-7-9(2)5-6-12(11)16-13/h5-7,10,14H,4,8H2,1-3H3. The van der Waals surface area contributed by atoms with Crippen LogP contribution in [-0.2, 0) is 6.42 Å². The quantitative estimate of drug-likeness (QED) is 0.857. The van der Waals surface area contributed by atoms with E-state index in [4.69, 9.17) is 4.42 Å². The Hall–Kier alpha value is -1.35. The van der Waals surface area contributed by atoms with Crippen LogP contribution in [0, 0.1) is 6.92 Å². The maximum absolute atomic E-state index is 5.69. The molecule has 0 aliphatic carbocycles. The average Bonchev–Trinajstić information content (AvgIpc) is 2.59. The number of benzene rings is 1. The van der Waals surface area contributed by atoms with Crippen LogP contribution in [0.2, 0.25) is 0 Å². The van der Waals surface area contributed by atoms with Crippen LogP contribution < -0.4 is 5.32 Å². The highest BCUT2D eigenvalue weighted by Gasteiger charge is 2.09. The van der Waals surface area contributed by atoms with Gasteiger partial charge in [0, 0.05) is 12.5 Å². The molecule has 0 radical (unpaired) electrons. The number of likely N-dealkylation sites (N-methyl/N-ethyl adjacent to an activating group) is 1. The van der Waals surface area contributed by atoms with E-state index in [1.54, 1.807) is 0 Å². The summed E-state index contributed by atoms with van der Waals surface area (Å²) in [7, 11) is 0. The molecule has 1 aromatic heterocycles. The number of fused-ring (bicyclic) bond motifs is 1. The lowest BCUT2D eigenvalue weighted by Gasteiger charge is -2.08. The fraction of sp³-hybridized carbons (Fsp3) is 0.462. The number of nitrogens with one attached hydrogen (secondary N) is 1. The van der Waals surface area contributed by atoms with Gasteiger partial charge in [0.15, 0.2) is 11.5 Å². The SMILES string of the molecule is CCNC(C)Cc1nc2cc(C)ccc2o1. The summed E-state index contributed by atoms with van der Waals surface area (Å²) in [6.07, 6.45) is 0.835. The number of aryl methyl sites for hydroxylation is 1. The summed E-state index contributed by atoms with van der Waals surface area (Å²) in [6.45, 7) is 7.28. The highest BCUT2D eigenvalue weighted by molar-refractivity contribution is 5.73. The van der Waals surface area contributed by atoms with Crippen molar-refractivity contribution < 1.29 is 4.42 Å². The van der Waals surface area contributed by atoms with Crippen molar-refractivity contribution in [3.8, 4) is 0 Å². The fourth-order valence-electron chi connectivity index (χ4n) is 1.86. The Balaban J connectivity index is 2.19. The molecule has 0 saturated heterocycles. The van der Waals surface area contributed by atoms with Crippen LogP contribution in [0.15, 0.2) is 22.6 Å². The first-order valence-electron chi connectivity index (χ1n) is 5.78. The summed E-state index contributed by atoms with van der Waals surface area (Å²) < 4.78 is 5.69. The minimum absolute atomic E-state index is 0.402. The van der Waals surface area contributed by atoms with Crippen LogP contribution in [0.5, 0.6) is 0 Å². The lowest BCUT2D eigenvalue weighted by molar-refractivity contribution is 0.469. The largest absolute Gasteiger partial charge is 0.441 e. The Bertz CT molecular complexity index is 476. The second-order valence-corrected chi connectivity index (χ2v) is 4.24. The van der Waals surface area contributed by atoms with Gasteiger partial charge < -0.3 is 9.73 Å². The average molecular weight is 218 g/mol. The first kappa shape index (κ1) is 11.1. The number of rotatable bonds is 4. The van der Waals surface area contributed by atoms with E-state index in [-0.39, 0.29) is 0 Å². The molecule has 1 atom stereocenters. The molecule has 1 unspecified atom stereocenters. The molecular weight excluding hydrogens is 200 g/mol.